The molecule has 39 heavy (non-hydrogen) atoms. The van der Waals surface area contributed by atoms with Gasteiger partial charge in [0.15, 0.2) is 0 Å². The van der Waals surface area contributed by atoms with Gasteiger partial charge >= 0.3 is 0 Å². The zero-order valence-electron chi connectivity index (χ0n) is 28.3. The summed E-state index contributed by atoms with van der Waals surface area (Å²) in [7, 11) is 0. The van der Waals surface area contributed by atoms with Gasteiger partial charge in [0.1, 0.15) is 0 Å². The fraction of sp³-hybridized carbons (Fsp3) is 0.800. The summed E-state index contributed by atoms with van der Waals surface area (Å²) in [5, 5.41) is 0. The molecule has 0 saturated carbocycles. The molecule has 0 spiro atoms. The highest BCUT2D eigenvalue weighted by molar-refractivity contribution is 5.65. The summed E-state index contributed by atoms with van der Waals surface area (Å²) in [6.45, 7) is 38.8. The van der Waals surface area contributed by atoms with Crippen LogP contribution in [0.4, 0.5) is 17.8 Å². The van der Waals surface area contributed by atoms with Crippen LogP contribution in [0.2, 0.25) is 0 Å². The van der Waals surface area contributed by atoms with Crippen molar-refractivity contribution in [1.29, 1.82) is 0 Å². The molecule has 1 aromatic rings. The van der Waals surface area contributed by atoms with Crippen LogP contribution in [0.3, 0.4) is 0 Å². The Bertz CT molecular complexity index is 842. The van der Waals surface area contributed by atoms with Crippen LogP contribution in [0.25, 0.3) is 0 Å². The second-order valence-corrected chi connectivity index (χ2v) is 16.1. The molecule has 0 atom stereocenters. The first-order valence-electron chi connectivity index (χ1n) is 13.9. The molecule has 0 N–H and O–H groups in total. The molecule has 0 aliphatic rings. The van der Waals surface area contributed by atoms with Gasteiger partial charge in [-0.2, -0.15) is 15.0 Å². The molecule has 0 aliphatic heterocycles. The molecule has 1 heterocycles. The van der Waals surface area contributed by atoms with Crippen LogP contribution in [-0.2, 0) is 0 Å². The minimum Gasteiger partial charge on any atom is -0.353 e. The maximum Gasteiger partial charge on any atom is 0.257 e. The van der Waals surface area contributed by atoms with E-state index in [1.807, 2.05) is 19.0 Å². The highest BCUT2D eigenvalue weighted by Gasteiger charge is 2.31. The van der Waals surface area contributed by atoms with Gasteiger partial charge in [-0.3, -0.25) is 0 Å². The minimum absolute atomic E-state index is 0.142. The molecular formula is C30H57N9. The van der Waals surface area contributed by atoms with Crippen molar-refractivity contribution in [3.05, 3.63) is 0 Å². The second-order valence-electron chi connectivity index (χ2n) is 16.1. The minimum atomic E-state index is -0.142. The summed E-state index contributed by atoms with van der Waals surface area (Å²) >= 11 is 0. The van der Waals surface area contributed by atoms with Gasteiger partial charge in [0, 0.05) is 33.2 Å². The van der Waals surface area contributed by atoms with Crippen molar-refractivity contribution in [2.75, 3.05) is 0 Å². The molecule has 0 bridgehead atoms. The molecular weight excluding hydrogens is 486 g/mol. The lowest BCUT2D eigenvalue weighted by atomic mass is 9.97. The van der Waals surface area contributed by atoms with Crippen LogP contribution in [0, 0.1) is 0 Å². The SMILES string of the molecule is CC(C)(C)N(C=Nc1nc(N=CN(C(C)(C)C)C(C)(C)C)nc(N=CN(C(C)(C)C)C(C)(C)C)n1)C(C)(C)C. The average molecular weight is 544 g/mol. The van der Waals surface area contributed by atoms with E-state index < -0.39 is 0 Å². The van der Waals surface area contributed by atoms with Crippen LogP contribution in [0.15, 0.2) is 15.0 Å². The first kappa shape index (κ1) is 34.4. The topological polar surface area (TPSA) is 85.5 Å². The molecule has 9 nitrogen and oxygen atoms in total. The monoisotopic (exact) mass is 543 g/mol. The largest absolute Gasteiger partial charge is 0.353 e. The number of aromatic nitrogens is 3. The fourth-order valence-corrected chi connectivity index (χ4v) is 4.90. The van der Waals surface area contributed by atoms with E-state index in [-0.39, 0.29) is 51.1 Å². The summed E-state index contributed by atoms with van der Waals surface area (Å²) < 4.78 is 0. The van der Waals surface area contributed by atoms with E-state index >= 15 is 0 Å². The number of aliphatic imine (C=N–C) groups is 3. The van der Waals surface area contributed by atoms with Crippen LogP contribution >= 0.6 is 0 Å². The van der Waals surface area contributed by atoms with Gasteiger partial charge in [-0.05, 0) is 125 Å². The van der Waals surface area contributed by atoms with Crippen LogP contribution < -0.4 is 0 Å². The lowest BCUT2D eigenvalue weighted by molar-refractivity contribution is 0.130. The van der Waals surface area contributed by atoms with Gasteiger partial charge in [-0.1, -0.05) is 0 Å². The zero-order valence-corrected chi connectivity index (χ0v) is 28.3. The van der Waals surface area contributed by atoms with Gasteiger partial charge in [-0.25, -0.2) is 15.0 Å². The summed E-state index contributed by atoms with van der Waals surface area (Å²) in [5.74, 6) is 0.789. The van der Waals surface area contributed by atoms with E-state index in [0.29, 0.717) is 0 Å². The number of rotatable bonds is 6. The summed E-state index contributed by atoms with van der Waals surface area (Å²) in [6.07, 6.45) is 5.43. The maximum atomic E-state index is 4.67. The van der Waals surface area contributed by atoms with E-state index in [1.165, 1.54) is 0 Å². The van der Waals surface area contributed by atoms with Crippen molar-refractivity contribution in [3.63, 3.8) is 0 Å². The Balaban J connectivity index is 3.72. The third-order valence-electron chi connectivity index (χ3n) is 5.80. The Hall–Kier alpha value is -2.58. The van der Waals surface area contributed by atoms with E-state index in [1.54, 1.807) is 0 Å². The van der Waals surface area contributed by atoms with Gasteiger partial charge in [0.05, 0.1) is 19.0 Å². The Morgan fingerprint density at radius 3 is 0.641 bits per heavy atom. The molecule has 0 unspecified atom stereocenters. The van der Waals surface area contributed by atoms with Crippen LogP contribution in [0.5, 0.6) is 0 Å². The third kappa shape index (κ3) is 10.8. The smallest absolute Gasteiger partial charge is 0.257 e. The molecule has 0 aliphatic carbocycles. The Kier molecular flexibility index (Phi) is 10.2. The van der Waals surface area contributed by atoms with Crippen molar-refractivity contribution in [3.8, 4) is 0 Å². The number of nitrogens with zero attached hydrogens (tertiary/aromatic N) is 9. The lowest BCUT2D eigenvalue weighted by Crippen LogP contribution is -2.51. The first-order chi connectivity index (χ1) is 17.1. The van der Waals surface area contributed by atoms with Crippen molar-refractivity contribution >= 4 is 36.9 Å². The van der Waals surface area contributed by atoms with Crippen LogP contribution in [0.1, 0.15) is 125 Å². The first-order valence-corrected chi connectivity index (χ1v) is 13.9. The molecule has 1 aromatic heterocycles. The highest BCUT2D eigenvalue weighted by Crippen LogP contribution is 2.27. The highest BCUT2D eigenvalue weighted by atomic mass is 15.3. The number of hydrogen-bond donors (Lipinski definition) is 0. The summed E-state index contributed by atoms with van der Waals surface area (Å²) in [5.41, 5.74) is -0.854. The predicted octanol–water partition coefficient (Wildman–Crippen LogP) is 7.55. The molecule has 0 saturated heterocycles. The normalized spacial score (nSPS) is 14.6. The van der Waals surface area contributed by atoms with E-state index in [2.05, 4.69) is 169 Å². The van der Waals surface area contributed by atoms with Crippen LogP contribution in [-0.4, -0.2) is 81.9 Å². The molecule has 0 aromatic carbocycles. The molecule has 222 valence electrons. The molecule has 9 heteroatoms. The van der Waals surface area contributed by atoms with E-state index in [9.17, 15) is 0 Å². The fourth-order valence-electron chi connectivity index (χ4n) is 4.90. The maximum absolute atomic E-state index is 4.67. The van der Waals surface area contributed by atoms with Gasteiger partial charge in [0.2, 0.25) is 0 Å². The van der Waals surface area contributed by atoms with Crippen molar-refractivity contribution in [1.82, 2.24) is 29.7 Å². The Labute approximate surface area is 239 Å². The quantitative estimate of drug-likeness (QED) is 0.272. The molecule has 1 rings (SSSR count). The predicted molar refractivity (Wildman–Crippen MR) is 168 cm³/mol. The van der Waals surface area contributed by atoms with Gasteiger partial charge < -0.3 is 14.7 Å². The molecule has 0 amide bonds. The van der Waals surface area contributed by atoms with E-state index in [0.717, 1.165) is 0 Å². The average Bonchev–Trinajstić information content (AvgIpc) is 2.61. The zero-order chi connectivity index (χ0) is 30.8. The van der Waals surface area contributed by atoms with Gasteiger partial charge in [-0.15, -0.1) is 0 Å². The Morgan fingerprint density at radius 2 is 0.513 bits per heavy atom. The molecule has 0 radical (unpaired) electrons. The number of hydrogen-bond acceptors (Lipinski definition) is 6. The summed E-state index contributed by atoms with van der Waals surface area (Å²) in [6, 6.07) is 0. The lowest BCUT2D eigenvalue weighted by Gasteiger charge is -2.44. The standard InChI is InChI=1S/C30H57N9/c1-25(2,3)37(26(4,5)6)19-31-22-34-23(32-20-38(27(7,8)9)28(10,11)12)36-24(35-22)33-21-39(29(13,14)15)30(16,17)18/h19-21H,1-18H3. The van der Waals surface area contributed by atoms with Crippen molar-refractivity contribution in [2.45, 2.75) is 158 Å². The van der Waals surface area contributed by atoms with Crippen molar-refractivity contribution < 1.29 is 0 Å². The van der Waals surface area contributed by atoms with E-state index in [4.69, 9.17) is 0 Å². The second kappa shape index (κ2) is 11.5. The summed E-state index contributed by atoms with van der Waals surface area (Å²) in [4.78, 5) is 34.3. The third-order valence-corrected chi connectivity index (χ3v) is 5.80. The van der Waals surface area contributed by atoms with Crippen molar-refractivity contribution in [2.24, 2.45) is 15.0 Å². The molecule has 0 fully saturated rings. The Morgan fingerprint density at radius 1 is 0.359 bits per heavy atom. The van der Waals surface area contributed by atoms with Gasteiger partial charge in [0.25, 0.3) is 17.8 Å².